The fraction of sp³-hybridized carbons (Fsp3) is 0.115. The number of pyridine rings is 1. The molecule has 152 valence electrons. The third kappa shape index (κ3) is 4.03. The maximum atomic E-state index is 12.9. The Morgan fingerprint density at radius 3 is 2.55 bits per heavy atom. The number of nitrogens with one attached hydrogen (secondary N) is 1. The Morgan fingerprint density at radius 2 is 1.68 bits per heavy atom. The van der Waals surface area contributed by atoms with Gasteiger partial charge in [0.1, 0.15) is 0 Å². The number of allylic oxidation sites excluding steroid dienone is 2. The van der Waals surface area contributed by atoms with Crippen molar-refractivity contribution in [3.05, 3.63) is 112 Å². The van der Waals surface area contributed by atoms with Crippen molar-refractivity contribution in [2.45, 2.75) is 13.0 Å². The van der Waals surface area contributed by atoms with Gasteiger partial charge in [0, 0.05) is 19.3 Å². The molecule has 1 N–H and O–H groups in total. The molecule has 5 nitrogen and oxygen atoms in total. The minimum Gasteiger partial charge on any atom is -0.338 e. The number of rotatable bonds is 4. The minimum atomic E-state index is -0.168. The third-order valence-electron chi connectivity index (χ3n) is 5.53. The Balaban J connectivity index is 1.43. The number of aromatic nitrogens is 3. The van der Waals surface area contributed by atoms with E-state index in [9.17, 15) is 4.79 Å². The average Bonchev–Trinajstić information content (AvgIpc) is 2.82. The monoisotopic (exact) mass is 406 g/mol. The highest BCUT2D eigenvalue weighted by molar-refractivity contribution is 5.85. The maximum Gasteiger partial charge on any atom is 0.262 e. The number of benzene rings is 2. The first-order chi connectivity index (χ1) is 15.3. The third-order valence-corrected chi connectivity index (χ3v) is 5.53. The topological polar surface area (TPSA) is 61.9 Å². The Hall–Kier alpha value is -3.99. The van der Waals surface area contributed by atoms with E-state index in [0.29, 0.717) is 17.0 Å². The van der Waals surface area contributed by atoms with E-state index < -0.39 is 0 Å². The summed E-state index contributed by atoms with van der Waals surface area (Å²) < 4.78 is 0. The molecule has 5 rings (SSSR count). The zero-order valence-electron chi connectivity index (χ0n) is 17.0. The van der Waals surface area contributed by atoms with Crippen LogP contribution in [0.1, 0.15) is 22.3 Å². The molecule has 2 aromatic carbocycles. The zero-order chi connectivity index (χ0) is 21.0. The molecule has 0 aliphatic carbocycles. The van der Waals surface area contributed by atoms with E-state index in [1.54, 1.807) is 6.20 Å². The molecule has 31 heavy (non-hydrogen) atoms. The van der Waals surface area contributed by atoms with Crippen molar-refractivity contribution < 1.29 is 0 Å². The summed E-state index contributed by atoms with van der Waals surface area (Å²) in [6.45, 7) is 1.55. The van der Waals surface area contributed by atoms with Crippen molar-refractivity contribution in [1.82, 2.24) is 15.0 Å². The van der Waals surface area contributed by atoms with Gasteiger partial charge in [0.05, 0.1) is 5.39 Å². The van der Waals surface area contributed by atoms with Gasteiger partial charge in [0.15, 0.2) is 5.65 Å². The van der Waals surface area contributed by atoms with Crippen LogP contribution in [0.25, 0.3) is 23.2 Å². The molecule has 0 bridgehead atoms. The molecule has 1 aliphatic heterocycles. The number of aromatic amines is 1. The molecule has 0 fully saturated rings. The van der Waals surface area contributed by atoms with Crippen LogP contribution in [-0.4, -0.2) is 21.5 Å². The van der Waals surface area contributed by atoms with E-state index in [2.05, 4.69) is 38.1 Å². The van der Waals surface area contributed by atoms with Crippen molar-refractivity contribution in [3.63, 3.8) is 0 Å². The molecule has 0 unspecified atom stereocenters. The molecule has 0 saturated heterocycles. The van der Waals surface area contributed by atoms with Gasteiger partial charge in [-0.2, -0.15) is 4.98 Å². The highest BCUT2D eigenvalue weighted by atomic mass is 16.1. The lowest BCUT2D eigenvalue weighted by Gasteiger charge is -2.29. The first-order valence-electron chi connectivity index (χ1n) is 10.4. The maximum absolute atomic E-state index is 12.9. The average molecular weight is 406 g/mol. The van der Waals surface area contributed by atoms with Crippen LogP contribution in [0.5, 0.6) is 0 Å². The number of nitrogens with zero attached hydrogens (tertiary/aromatic N) is 3. The fourth-order valence-electron chi connectivity index (χ4n) is 3.93. The van der Waals surface area contributed by atoms with Crippen molar-refractivity contribution in [1.29, 1.82) is 0 Å². The molecule has 0 amide bonds. The van der Waals surface area contributed by atoms with Crippen molar-refractivity contribution in [3.8, 4) is 0 Å². The summed E-state index contributed by atoms with van der Waals surface area (Å²) in [7, 11) is 0. The number of hydrogen-bond acceptors (Lipinski definition) is 4. The minimum absolute atomic E-state index is 0.168. The standard InChI is InChI=1S/C26H22N4O/c31-25-23-21(12-5-4-10-19-8-2-1-3-9-19)14-16-27-24(23)28-26(29-25)30-17-15-20-11-6-7-13-22(20)18-30/h1-14,16H,15,17-18H2,(H,27,28,29,31)/b10-4+,12-5+. The van der Waals surface area contributed by atoms with E-state index in [1.807, 2.05) is 66.8 Å². The van der Waals surface area contributed by atoms with Crippen molar-refractivity contribution in [2.75, 3.05) is 11.4 Å². The summed E-state index contributed by atoms with van der Waals surface area (Å²) in [6, 6.07) is 20.3. The molecule has 1 aliphatic rings. The van der Waals surface area contributed by atoms with Crippen LogP contribution in [0, 0.1) is 0 Å². The van der Waals surface area contributed by atoms with Crippen LogP contribution in [0.2, 0.25) is 0 Å². The first-order valence-corrected chi connectivity index (χ1v) is 10.4. The fourth-order valence-corrected chi connectivity index (χ4v) is 3.93. The quantitative estimate of drug-likeness (QED) is 0.503. The lowest BCUT2D eigenvalue weighted by molar-refractivity contribution is 0.708. The summed E-state index contributed by atoms with van der Waals surface area (Å²) in [4.78, 5) is 27.1. The van der Waals surface area contributed by atoms with Crippen LogP contribution in [-0.2, 0) is 13.0 Å². The van der Waals surface area contributed by atoms with Gasteiger partial charge in [-0.25, -0.2) is 4.98 Å². The summed E-state index contributed by atoms with van der Waals surface area (Å²) in [6.07, 6.45) is 10.5. The van der Waals surface area contributed by atoms with Gasteiger partial charge >= 0.3 is 0 Å². The Labute approximate surface area is 180 Å². The van der Waals surface area contributed by atoms with Crippen LogP contribution >= 0.6 is 0 Å². The largest absolute Gasteiger partial charge is 0.338 e. The second-order valence-electron chi connectivity index (χ2n) is 7.56. The summed E-state index contributed by atoms with van der Waals surface area (Å²) in [5.41, 5.74) is 4.85. The summed E-state index contributed by atoms with van der Waals surface area (Å²) >= 11 is 0. The smallest absolute Gasteiger partial charge is 0.262 e. The van der Waals surface area contributed by atoms with Gasteiger partial charge < -0.3 is 4.90 Å². The highest BCUT2D eigenvalue weighted by Gasteiger charge is 2.19. The van der Waals surface area contributed by atoms with Gasteiger partial charge in [0.25, 0.3) is 5.56 Å². The first kappa shape index (κ1) is 19.0. The Morgan fingerprint density at radius 1 is 0.903 bits per heavy atom. The normalized spacial score (nSPS) is 13.9. The van der Waals surface area contributed by atoms with Crippen molar-refractivity contribution in [2.24, 2.45) is 0 Å². The lowest BCUT2D eigenvalue weighted by Crippen LogP contribution is -2.33. The van der Waals surface area contributed by atoms with Gasteiger partial charge in [-0.05, 0) is 34.7 Å². The second-order valence-corrected chi connectivity index (χ2v) is 7.56. The summed E-state index contributed by atoms with van der Waals surface area (Å²) in [5, 5.41) is 0.507. The van der Waals surface area contributed by atoms with E-state index in [0.717, 1.165) is 30.6 Å². The van der Waals surface area contributed by atoms with Crippen LogP contribution in [0.15, 0.2) is 83.8 Å². The molecule has 0 atom stereocenters. The number of hydrogen-bond donors (Lipinski definition) is 1. The number of fused-ring (bicyclic) bond motifs is 2. The molecular weight excluding hydrogens is 384 g/mol. The Bertz CT molecular complexity index is 1340. The molecular formula is C26H22N4O. The van der Waals surface area contributed by atoms with E-state index in [4.69, 9.17) is 0 Å². The SMILES string of the molecule is O=c1[nH]c(N2CCc3ccccc3C2)nc2nccc(/C=C/C=C/c3ccccc3)c12. The number of anilines is 1. The van der Waals surface area contributed by atoms with Crippen LogP contribution < -0.4 is 10.5 Å². The van der Waals surface area contributed by atoms with Gasteiger partial charge in [0.2, 0.25) is 5.95 Å². The highest BCUT2D eigenvalue weighted by Crippen LogP contribution is 2.22. The summed E-state index contributed by atoms with van der Waals surface area (Å²) in [5.74, 6) is 0.574. The predicted molar refractivity (Wildman–Crippen MR) is 126 cm³/mol. The van der Waals surface area contributed by atoms with E-state index >= 15 is 0 Å². The molecule has 0 spiro atoms. The Kier molecular flexibility index (Phi) is 5.15. The van der Waals surface area contributed by atoms with Crippen LogP contribution in [0.4, 0.5) is 5.95 Å². The van der Waals surface area contributed by atoms with Gasteiger partial charge in [-0.15, -0.1) is 0 Å². The molecule has 0 saturated carbocycles. The van der Waals surface area contributed by atoms with Gasteiger partial charge in [-0.3, -0.25) is 9.78 Å². The molecule has 3 heterocycles. The molecule has 2 aromatic heterocycles. The molecule has 4 aromatic rings. The van der Waals surface area contributed by atoms with Gasteiger partial charge in [-0.1, -0.05) is 78.9 Å². The van der Waals surface area contributed by atoms with Crippen LogP contribution in [0.3, 0.4) is 0 Å². The predicted octanol–water partition coefficient (Wildman–Crippen LogP) is 4.61. The number of H-pyrrole nitrogens is 1. The van der Waals surface area contributed by atoms with Crippen molar-refractivity contribution >= 4 is 29.1 Å². The van der Waals surface area contributed by atoms with E-state index in [1.165, 1.54) is 11.1 Å². The molecule has 5 heteroatoms. The van der Waals surface area contributed by atoms with E-state index in [-0.39, 0.29) is 5.56 Å². The zero-order valence-corrected chi connectivity index (χ0v) is 17.0. The lowest BCUT2D eigenvalue weighted by atomic mass is 10.0. The molecule has 0 radical (unpaired) electrons. The second kappa shape index (κ2) is 8.40.